The molecule has 0 aromatic carbocycles. The average Bonchev–Trinajstić information content (AvgIpc) is 2.92. The van der Waals surface area contributed by atoms with Gasteiger partial charge in [-0.05, 0) is 36.8 Å². The second kappa shape index (κ2) is 5.20. The van der Waals surface area contributed by atoms with E-state index in [2.05, 4.69) is 13.0 Å². The van der Waals surface area contributed by atoms with E-state index in [1.807, 2.05) is 5.38 Å². The highest BCUT2D eigenvalue weighted by atomic mass is 32.1. The van der Waals surface area contributed by atoms with E-state index in [-0.39, 0.29) is 17.5 Å². The number of rotatable bonds is 1. The van der Waals surface area contributed by atoms with Crippen LogP contribution in [0.2, 0.25) is 0 Å². The Morgan fingerprint density at radius 1 is 1.00 bits per heavy atom. The Kier molecular flexibility index (Phi) is 3.30. The summed E-state index contributed by atoms with van der Waals surface area (Å²) in [5.74, 6) is 1.78. The Bertz CT molecular complexity index is 693. The first kappa shape index (κ1) is 13.9. The van der Waals surface area contributed by atoms with Crippen molar-refractivity contribution in [2.75, 3.05) is 0 Å². The fraction of sp³-hybridized carbons (Fsp3) is 0.444. The molecule has 1 aromatic rings. The lowest BCUT2D eigenvalue weighted by Crippen LogP contribution is -2.30. The van der Waals surface area contributed by atoms with Gasteiger partial charge >= 0.3 is 0 Å². The fourth-order valence-electron chi connectivity index (χ4n) is 3.76. The van der Waals surface area contributed by atoms with Crippen molar-refractivity contribution >= 4 is 22.9 Å². The number of hydrogen-bond donors (Lipinski definition) is 0. The maximum absolute atomic E-state index is 12.6. The van der Waals surface area contributed by atoms with Gasteiger partial charge in [0, 0.05) is 41.7 Å². The topological polar surface area (TPSA) is 43.4 Å². The van der Waals surface area contributed by atoms with Gasteiger partial charge < -0.3 is 4.74 Å². The van der Waals surface area contributed by atoms with E-state index in [0.717, 1.165) is 58.8 Å². The number of allylic oxidation sites excluding steroid dienone is 4. The lowest BCUT2D eigenvalue weighted by Gasteiger charge is -2.35. The highest BCUT2D eigenvalue weighted by Gasteiger charge is 2.42. The summed E-state index contributed by atoms with van der Waals surface area (Å²) >= 11 is 1.64. The third-order valence-electron chi connectivity index (χ3n) is 4.80. The van der Waals surface area contributed by atoms with Crippen molar-refractivity contribution in [3.63, 3.8) is 0 Å². The fourth-order valence-corrected chi connectivity index (χ4v) is 4.80. The molecule has 3 aliphatic rings. The van der Waals surface area contributed by atoms with Crippen molar-refractivity contribution in [1.29, 1.82) is 0 Å². The molecule has 2 aliphatic carbocycles. The van der Waals surface area contributed by atoms with E-state index in [0.29, 0.717) is 12.8 Å². The van der Waals surface area contributed by atoms with Crippen LogP contribution in [-0.2, 0) is 14.3 Å². The maximum atomic E-state index is 12.6. The minimum Gasteiger partial charge on any atom is -0.465 e. The first-order valence-electron chi connectivity index (χ1n) is 7.91. The molecular weight excluding hydrogens is 296 g/mol. The Hall–Kier alpha value is -1.68. The first-order chi connectivity index (χ1) is 10.7. The molecular formula is C18H18O3S. The van der Waals surface area contributed by atoms with Crippen LogP contribution in [0.5, 0.6) is 0 Å². The summed E-state index contributed by atoms with van der Waals surface area (Å²) in [7, 11) is 0. The van der Waals surface area contributed by atoms with E-state index < -0.39 is 0 Å². The Morgan fingerprint density at radius 2 is 1.59 bits per heavy atom. The van der Waals surface area contributed by atoms with Gasteiger partial charge in [0.15, 0.2) is 11.6 Å². The van der Waals surface area contributed by atoms with Crippen LogP contribution in [0.4, 0.5) is 0 Å². The molecule has 1 aromatic heterocycles. The molecule has 4 rings (SSSR count). The van der Waals surface area contributed by atoms with Crippen molar-refractivity contribution in [3.05, 3.63) is 44.6 Å². The van der Waals surface area contributed by atoms with E-state index in [1.54, 1.807) is 11.3 Å². The molecule has 0 spiro atoms. The smallest absolute Gasteiger partial charge is 0.163 e. The van der Waals surface area contributed by atoms with Crippen LogP contribution < -0.4 is 0 Å². The van der Waals surface area contributed by atoms with Crippen LogP contribution in [0, 0.1) is 6.92 Å². The van der Waals surface area contributed by atoms with Crippen LogP contribution in [0.25, 0.3) is 0 Å². The Labute approximate surface area is 133 Å². The molecule has 22 heavy (non-hydrogen) atoms. The molecule has 0 radical (unpaired) electrons. The number of ketones is 2. The number of carbonyl (C=O) groups is 2. The van der Waals surface area contributed by atoms with Crippen LogP contribution in [0.15, 0.2) is 34.1 Å². The van der Waals surface area contributed by atoms with Crippen molar-refractivity contribution in [1.82, 2.24) is 0 Å². The minimum atomic E-state index is -0.181. The van der Waals surface area contributed by atoms with Crippen molar-refractivity contribution < 1.29 is 14.3 Å². The summed E-state index contributed by atoms with van der Waals surface area (Å²) < 4.78 is 6.03. The number of aryl methyl sites for hydroxylation is 1. The number of thiophene rings is 1. The Balaban J connectivity index is 1.93. The van der Waals surface area contributed by atoms with Gasteiger partial charge in [-0.3, -0.25) is 9.59 Å². The summed E-state index contributed by atoms with van der Waals surface area (Å²) in [5, 5.41) is 2.04. The average molecular weight is 314 g/mol. The predicted molar refractivity (Wildman–Crippen MR) is 84.7 cm³/mol. The van der Waals surface area contributed by atoms with Crippen molar-refractivity contribution in [2.24, 2.45) is 0 Å². The predicted octanol–water partition coefficient (Wildman–Crippen LogP) is 4.18. The molecule has 0 unspecified atom stereocenters. The molecule has 2 heterocycles. The number of ether oxygens (including phenoxy) is 1. The number of Topliss-reactive ketones (excluding diaryl/α,β-unsaturated/α-hetero) is 2. The summed E-state index contributed by atoms with van der Waals surface area (Å²) in [5.41, 5.74) is 2.67. The molecule has 0 bridgehead atoms. The third kappa shape index (κ3) is 2.01. The summed E-state index contributed by atoms with van der Waals surface area (Å²) in [6.45, 7) is 2.06. The van der Waals surface area contributed by atoms with E-state index >= 15 is 0 Å². The SMILES string of the molecule is Cc1ccsc1C1C2=C(CCCC2=O)OC2=C1C(=O)CCC2. The third-order valence-corrected chi connectivity index (χ3v) is 5.89. The molecule has 0 fully saturated rings. The lowest BCUT2D eigenvalue weighted by molar-refractivity contribution is -0.117. The second-order valence-corrected chi connectivity index (χ2v) is 7.18. The van der Waals surface area contributed by atoms with E-state index in [9.17, 15) is 9.59 Å². The number of hydrogen-bond acceptors (Lipinski definition) is 4. The van der Waals surface area contributed by atoms with Gasteiger partial charge in [0.2, 0.25) is 0 Å². The van der Waals surface area contributed by atoms with Crippen molar-refractivity contribution in [3.8, 4) is 0 Å². The maximum Gasteiger partial charge on any atom is 0.163 e. The molecule has 0 saturated heterocycles. The van der Waals surface area contributed by atoms with Gasteiger partial charge in [-0.25, -0.2) is 0 Å². The molecule has 0 N–H and O–H groups in total. The van der Waals surface area contributed by atoms with E-state index in [4.69, 9.17) is 4.74 Å². The largest absolute Gasteiger partial charge is 0.465 e. The van der Waals surface area contributed by atoms with Crippen LogP contribution in [-0.4, -0.2) is 11.6 Å². The molecule has 0 saturated carbocycles. The standard InChI is InChI=1S/C18H18O3S/c1-10-8-9-22-18(10)17-15-11(19)4-2-6-13(15)21-14-7-3-5-12(20)16(14)17/h8-9,17H,2-7H2,1H3. The van der Waals surface area contributed by atoms with Gasteiger partial charge in [-0.15, -0.1) is 11.3 Å². The first-order valence-corrected chi connectivity index (χ1v) is 8.79. The Morgan fingerprint density at radius 3 is 2.09 bits per heavy atom. The van der Waals surface area contributed by atoms with Crippen LogP contribution in [0.1, 0.15) is 54.9 Å². The normalized spacial score (nSPS) is 22.6. The van der Waals surface area contributed by atoms with Crippen LogP contribution >= 0.6 is 11.3 Å². The molecule has 4 heteroatoms. The summed E-state index contributed by atoms with van der Waals surface area (Å²) in [6.07, 6.45) is 4.47. The zero-order valence-electron chi connectivity index (χ0n) is 12.6. The van der Waals surface area contributed by atoms with Crippen molar-refractivity contribution in [2.45, 2.75) is 51.4 Å². The highest BCUT2D eigenvalue weighted by Crippen LogP contribution is 2.49. The second-order valence-electron chi connectivity index (χ2n) is 6.23. The van der Waals surface area contributed by atoms with Gasteiger partial charge in [0.05, 0.1) is 5.92 Å². The summed E-state index contributed by atoms with van der Waals surface area (Å²) in [4.78, 5) is 26.3. The molecule has 114 valence electrons. The van der Waals surface area contributed by atoms with Gasteiger partial charge in [-0.2, -0.15) is 0 Å². The minimum absolute atomic E-state index is 0.156. The lowest BCUT2D eigenvalue weighted by atomic mass is 9.75. The quantitative estimate of drug-likeness (QED) is 0.781. The zero-order valence-corrected chi connectivity index (χ0v) is 13.4. The molecule has 1 aliphatic heterocycles. The van der Waals surface area contributed by atoms with Gasteiger partial charge in [-0.1, -0.05) is 0 Å². The number of carbonyl (C=O) groups excluding carboxylic acids is 2. The van der Waals surface area contributed by atoms with Gasteiger partial charge in [0.1, 0.15) is 11.5 Å². The molecule has 0 atom stereocenters. The highest BCUT2D eigenvalue weighted by molar-refractivity contribution is 7.10. The van der Waals surface area contributed by atoms with Gasteiger partial charge in [0.25, 0.3) is 0 Å². The zero-order chi connectivity index (χ0) is 15.3. The summed E-state index contributed by atoms with van der Waals surface area (Å²) in [6, 6.07) is 2.07. The van der Waals surface area contributed by atoms with Crippen LogP contribution in [0.3, 0.4) is 0 Å². The van der Waals surface area contributed by atoms with E-state index in [1.165, 1.54) is 0 Å². The molecule has 3 nitrogen and oxygen atoms in total. The molecule has 0 amide bonds. The monoisotopic (exact) mass is 314 g/mol.